The van der Waals surface area contributed by atoms with Gasteiger partial charge in [0, 0.05) is 54.3 Å². The SMILES string of the molecule is CC(C)[C@@H]1NC(=O)[C@H](CCCCN)NC(=O)[C@@H](Cc2c[nH]c3ccccc23)NC(=O)[C@H](Cc2ccc(O)cc2)NC(=O)CCSSC[C@@H](C(=O)N[C@@H](Cc2ccccc2)C(N)=O)NC1=O. The van der Waals surface area contributed by atoms with Crippen LogP contribution in [0.2, 0.25) is 0 Å². The van der Waals surface area contributed by atoms with Crippen LogP contribution in [0.15, 0.2) is 85.1 Å². The molecule has 19 heteroatoms. The summed E-state index contributed by atoms with van der Waals surface area (Å²) in [6.45, 7) is 3.77. The number of aromatic amines is 1. The average Bonchev–Trinajstić information content (AvgIpc) is 3.69. The molecule has 1 aliphatic rings. The number of nitrogens with one attached hydrogen (secondary N) is 7. The van der Waals surface area contributed by atoms with Gasteiger partial charge in [-0.15, -0.1) is 0 Å². The Kier molecular flexibility index (Phi) is 19.1. The molecular formula is C46H59N9O8S2. The Morgan fingerprint density at radius 3 is 2.11 bits per heavy atom. The second-order valence-corrected chi connectivity index (χ2v) is 18.9. The normalized spacial score (nSPS) is 21.3. The molecule has 0 radical (unpaired) electrons. The van der Waals surface area contributed by atoms with Crippen molar-refractivity contribution in [2.45, 2.75) is 95.0 Å². The lowest BCUT2D eigenvalue weighted by molar-refractivity contribution is -0.135. The third kappa shape index (κ3) is 15.3. The molecule has 0 spiro atoms. The Morgan fingerprint density at radius 1 is 0.754 bits per heavy atom. The number of fused-ring (bicyclic) bond motifs is 1. The summed E-state index contributed by atoms with van der Waals surface area (Å²) in [5, 5.41) is 27.5. The van der Waals surface area contributed by atoms with E-state index >= 15 is 0 Å². The standard InChI is InChI=1S/C46H59N9O8S2/c1-27(2)40-46(63)54-38(45(62)52-35(41(48)58)22-28-10-4-3-5-11-28)26-65-64-21-19-39(57)50-36(23-29-15-17-31(56)18-16-29)43(60)53-37(24-30-25-49-33-13-7-6-12-32(30)33)44(61)51-34(42(59)55-40)14-8-9-20-47/h3-7,10-13,15-18,25,27,34-38,40,49,56H,8-9,14,19-24,26,47H2,1-2H3,(H2,48,58)(H,50,57)(H,51,61)(H,52,62)(H,53,60)(H,54,63)(H,55,59)/t34-,35-,36-,37+,38-,40-/m0/s1. The molecule has 1 aromatic heterocycles. The number of aromatic nitrogens is 1. The van der Waals surface area contributed by atoms with Crippen LogP contribution in [0.25, 0.3) is 10.9 Å². The highest BCUT2D eigenvalue weighted by Gasteiger charge is 2.35. The number of unbranched alkanes of at least 4 members (excludes halogenated alkanes) is 1. The maximum Gasteiger partial charge on any atom is 0.244 e. The minimum absolute atomic E-state index is 0.000905. The van der Waals surface area contributed by atoms with Crippen molar-refractivity contribution in [3.05, 3.63) is 102 Å². The summed E-state index contributed by atoms with van der Waals surface area (Å²) in [7, 11) is 2.46. The van der Waals surface area contributed by atoms with Crippen LogP contribution < -0.4 is 43.4 Å². The maximum atomic E-state index is 14.5. The minimum Gasteiger partial charge on any atom is -0.508 e. The van der Waals surface area contributed by atoms with Gasteiger partial charge in [0.1, 0.15) is 42.0 Å². The Balaban J connectivity index is 1.47. The van der Waals surface area contributed by atoms with Crippen LogP contribution in [-0.4, -0.2) is 106 Å². The zero-order valence-electron chi connectivity index (χ0n) is 36.5. The van der Waals surface area contributed by atoms with Crippen LogP contribution in [0.5, 0.6) is 5.75 Å². The molecule has 12 N–H and O–H groups in total. The number of nitrogens with two attached hydrogens (primary N) is 2. The van der Waals surface area contributed by atoms with Gasteiger partial charge in [0.25, 0.3) is 0 Å². The number of carbonyl (C=O) groups excluding carboxylic acids is 7. The average molecular weight is 930 g/mol. The van der Waals surface area contributed by atoms with Gasteiger partial charge < -0.3 is 53.5 Å². The molecule has 17 nitrogen and oxygen atoms in total. The fourth-order valence-electron chi connectivity index (χ4n) is 7.27. The topological polar surface area (TPSA) is 280 Å². The summed E-state index contributed by atoms with van der Waals surface area (Å²) in [5.74, 6) is -4.83. The van der Waals surface area contributed by atoms with E-state index in [1.165, 1.54) is 33.7 Å². The molecule has 65 heavy (non-hydrogen) atoms. The van der Waals surface area contributed by atoms with Crippen LogP contribution in [0.4, 0.5) is 0 Å². The van der Waals surface area contributed by atoms with Crippen molar-refractivity contribution in [2.75, 3.05) is 18.1 Å². The lowest BCUT2D eigenvalue weighted by Crippen LogP contribution is -2.61. The largest absolute Gasteiger partial charge is 0.508 e. The maximum absolute atomic E-state index is 14.5. The molecule has 6 atom stereocenters. The first kappa shape index (κ1) is 50.0. The molecule has 0 bridgehead atoms. The highest BCUT2D eigenvalue weighted by atomic mass is 33.1. The van der Waals surface area contributed by atoms with Crippen molar-refractivity contribution in [3.63, 3.8) is 0 Å². The van der Waals surface area contributed by atoms with E-state index < -0.39 is 83.5 Å². The first-order valence-corrected chi connectivity index (χ1v) is 24.1. The molecule has 2 heterocycles. The van der Waals surface area contributed by atoms with Crippen molar-refractivity contribution >= 4 is 73.8 Å². The molecule has 1 saturated heterocycles. The molecule has 7 amide bonds. The van der Waals surface area contributed by atoms with Crippen LogP contribution in [-0.2, 0) is 52.8 Å². The summed E-state index contributed by atoms with van der Waals surface area (Å²) in [4.78, 5) is 100. The van der Waals surface area contributed by atoms with Crippen molar-refractivity contribution in [2.24, 2.45) is 17.4 Å². The van der Waals surface area contributed by atoms with Crippen molar-refractivity contribution < 1.29 is 38.7 Å². The van der Waals surface area contributed by atoms with Crippen LogP contribution >= 0.6 is 21.6 Å². The zero-order chi connectivity index (χ0) is 46.9. The van der Waals surface area contributed by atoms with E-state index in [0.29, 0.717) is 30.5 Å². The third-order valence-corrected chi connectivity index (χ3v) is 13.3. The van der Waals surface area contributed by atoms with E-state index in [2.05, 4.69) is 36.9 Å². The first-order chi connectivity index (χ1) is 31.2. The van der Waals surface area contributed by atoms with E-state index in [-0.39, 0.29) is 49.4 Å². The number of hydrogen-bond donors (Lipinski definition) is 10. The van der Waals surface area contributed by atoms with Crippen LogP contribution in [0.3, 0.4) is 0 Å². The van der Waals surface area contributed by atoms with Gasteiger partial charge in [-0.1, -0.05) is 96.1 Å². The Bertz CT molecular complexity index is 2260. The first-order valence-electron chi connectivity index (χ1n) is 21.6. The third-order valence-electron chi connectivity index (χ3n) is 10.9. The summed E-state index contributed by atoms with van der Waals surface area (Å²) in [6, 6.07) is 15.6. The zero-order valence-corrected chi connectivity index (χ0v) is 38.1. The molecule has 348 valence electrons. The molecule has 0 unspecified atom stereocenters. The van der Waals surface area contributed by atoms with E-state index in [1.807, 2.05) is 30.3 Å². The Hall–Kier alpha value is -6.05. The monoisotopic (exact) mass is 929 g/mol. The Morgan fingerprint density at radius 2 is 1.42 bits per heavy atom. The number of benzene rings is 3. The minimum atomic E-state index is -1.24. The lowest BCUT2D eigenvalue weighted by Gasteiger charge is -2.29. The number of phenols is 1. The highest BCUT2D eigenvalue weighted by Crippen LogP contribution is 2.24. The molecule has 0 aliphatic carbocycles. The number of primary amides is 1. The predicted octanol–water partition coefficient (Wildman–Crippen LogP) is 1.87. The summed E-state index contributed by atoms with van der Waals surface area (Å²) in [5.41, 5.74) is 14.4. The molecule has 1 aliphatic heterocycles. The summed E-state index contributed by atoms with van der Waals surface area (Å²) >= 11 is 0. The van der Waals surface area contributed by atoms with Crippen LogP contribution in [0, 0.1) is 5.92 Å². The van der Waals surface area contributed by atoms with E-state index in [0.717, 1.165) is 16.5 Å². The fourth-order valence-corrected chi connectivity index (χ4v) is 9.42. The van der Waals surface area contributed by atoms with Gasteiger partial charge in [0.05, 0.1) is 0 Å². The van der Waals surface area contributed by atoms with Gasteiger partial charge in [-0.25, -0.2) is 0 Å². The summed E-state index contributed by atoms with van der Waals surface area (Å²) in [6.07, 6.45) is 2.96. The van der Waals surface area contributed by atoms with Gasteiger partial charge in [-0.05, 0) is 66.6 Å². The number of phenolic OH excluding ortho intramolecular Hbond substituents is 1. The molecule has 4 aromatic rings. The van der Waals surface area contributed by atoms with Gasteiger partial charge in [-0.3, -0.25) is 33.6 Å². The van der Waals surface area contributed by atoms with E-state index in [1.54, 1.807) is 56.4 Å². The fraction of sp³-hybridized carbons (Fsp3) is 0.413. The predicted molar refractivity (Wildman–Crippen MR) is 252 cm³/mol. The molecule has 3 aromatic carbocycles. The molecule has 1 fully saturated rings. The molecule has 0 saturated carbocycles. The summed E-state index contributed by atoms with van der Waals surface area (Å²) < 4.78 is 0. The Labute approximate surface area is 385 Å². The van der Waals surface area contributed by atoms with Crippen molar-refractivity contribution in [3.8, 4) is 5.75 Å². The lowest BCUT2D eigenvalue weighted by atomic mass is 10.00. The number of H-pyrrole nitrogens is 1. The van der Waals surface area contributed by atoms with Crippen molar-refractivity contribution in [1.29, 1.82) is 0 Å². The van der Waals surface area contributed by atoms with Crippen LogP contribution in [0.1, 0.15) is 56.2 Å². The van der Waals surface area contributed by atoms with E-state index in [9.17, 15) is 38.7 Å². The smallest absolute Gasteiger partial charge is 0.244 e. The van der Waals surface area contributed by atoms with E-state index in [4.69, 9.17) is 11.5 Å². The highest BCUT2D eigenvalue weighted by molar-refractivity contribution is 8.76. The quantitative estimate of drug-likeness (QED) is 0.0644. The number of hydrogen-bond acceptors (Lipinski definition) is 11. The second-order valence-electron chi connectivity index (χ2n) is 16.3. The molecule has 5 rings (SSSR count). The van der Waals surface area contributed by atoms with Gasteiger partial charge >= 0.3 is 0 Å². The number of carbonyl (C=O) groups is 7. The second kappa shape index (κ2) is 24.9. The number of rotatable bonds is 14. The number of para-hydroxylation sites is 1. The van der Waals surface area contributed by atoms with Gasteiger partial charge in [0.15, 0.2) is 0 Å². The number of amides is 7. The van der Waals surface area contributed by atoms with Gasteiger partial charge in [0.2, 0.25) is 41.4 Å². The van der Waals surface area contributed by atoms with Gasteiger partial charge in [-0.2, -0.15) is 0 Å². The van der Waals surface area contributed by atoms with Crippen molar-refractivity contribution in [1.82, 2.24) is 36.9 Å². The number of aromatic hydroxyl groups is 1. The molecular weight excluding hydrogens is 871 g/mol.